The Morgan fingerprint density at radius 3 is 2.85 bits per heavy atom. The molecule has 2 aliphatic rings. The van der Waals surface area contributed by atoms with Gasteiger partial charge in [0.15, 0.2) is 0 Å². The van der Waals surface area contributed by atoms with Gasteiger partial charge in [-0.15, -0.1) is 0 Å². The molecule has 1 fully saturated rings. The Balaban J connectivity index is 1.71. The van der Waals surface area contributed by atoms with Crippen LogP contribution in [0.4, 0.5) is 5.69 Å². The summed E-state index contributed by atoms with van der Waals surface area (Å²) in [6, 6.07) is 7.85. The lowest BCUT2D eigenvalue weighted by atomic mass is 10.2. The van der Waals surface area contributed by atoms with E-state index < -0.39 is 0 Å². The van der Waals surface area contributed by atoms with Crippen molar-refractivity contribution in [2.45, 2.75) is 36.6 Å². The summed E-state index contributed by atoms with van der Waals surface area (Å²) in [4.78, 5) is 25.3. The van der Waals surface area contributed by atoms with Crippen LogP contribution in [0, 0.1) is 0 Å². The lowest BCUT2D eigenvalue weighted by Crippen LogP contribution is -2.32. The summed E-state index contributed by atoms with van der Waals surface area (Å²) in [7, 11) is 0. The smallest absolute Gasteiger partial charge is 0.262 e. The molecule has 1 aromatic carbocycles. The number of anilines is 1. The standard InChI is InChI=1S/C15H16N2O2S/c18-14(16-10-5-1-2-6-10)9-13-15(19)17-11-7-3-4-8-12(11)20-13/h3-4,7-10H,1-2,5-6H2,(H,16,18)(H,17,19). The normalized spacial score (nSPS) is 20.6. The summed E-state index contributed by atoms with van der Waals surface area (Å²) in [5.41, 5.74) is 0.802. The minimum absolute atomic E-state index is 0.172. The topological polar surface area (TPSA) is 58.2 Å². The van der Waals surface area contributed by atoms with E-state index in [-0.39, 0.29) is 17.9 Å². The number of amides is 2. The number of nitrogens with one attached hydrogen (secondary N) is 2. The number of carbonyl (C=O) groups is 2. The highest BCUT2D eigenvalue weighted by Crippen LogP contribution is 2.37. The molecule has 3 rings (SSSR count). The van der Waals surface area contributed by atoms with Crippen molar-refractivity contribution < 1.29 is 9.59 Å². The van der Waals surface area contributed by atoms with Crippen LogP contribution in [0.25, 0.3) is 0 Å². The third kappa shape index (κ3) is 2.88. The number of fused-ring (bicyclic) bond motifs is 1. The summed E-state index contributed by atoms with van der Waals surface area (Å²) in [5.74, 6) is -0.385. The predicted octanol–water partition coefficient (Wildman–Crippen LogP) is 2.67. The van der Waals surface area contributed by atoms with Gasteiger partial charge in [-0.05, 0) is 25.0 Å². The lowest BCUT2D eigenvalue weighted by molar-refractivity contribution is -0.118. The Labute approximate surface area is 122 Å². The Kier molecular flexibility index (Phi) is 3.78. The zero-order chi connectivity index (χ0) is 13.9. The first-order valence-electron chi connectivity index (χ1n) is 6.83. The molecule has 2 N–H and O–H groups in total. The minimum Gasteiger partial charge on any atom is -0.350 e. The summed E-state index contributed by atoms with van der Waals surface area (Å²) in [6.07, 6.45) is 5.83. The first-order valence-corrected chi connectivity index (χ1v) is 7.64. The molecule has 1 aromatic rings. The van der Waals surface area contributed by atoms with Crippen molar-refractivity contribution in [3.63, 3.8) is 0 Å². The van der Waals surface area contributed by atoms with E-state index in [9.17, 15) is 9.59 Å². The van der Waals surface area contributed by atoms with Crippen molar-refractivity contribution in [2.75, 3.05) is 5.32 Å². The van der Waals surface area contributed by atoms with Gasteiger partial charge in [0.1, 0.15) is 0 Å². The molecule has 4 nitrogen and oxygen atoms in total. The van der Waals surface area contributed by atoms with Crippen molar-refractivity contribution in [3.8, 4) is 0 Å². The average molecular weight is 288 g/mol. The van der Waals surface area contributed by atoms with E-state index in [1.54, 1.807) is 0 Å². The zero-order valence-corrected chi connectivity index (χ0v) is 11.8. The molecule has 0 atom stereocenters. The molecule has 0 unspecified atom stereocenters. The molecule has 1 aliphatic carbocycles. The summed E-state index contributed by atoms with van der Waals surface area (Å²) in [5, 5.41) is 5.76. The van der Waals surface area contributed by atoms with Crippen LogP contribution in [0.5, 0.6) is 0 Å². The van der Waals surface area contributed by atoms with Gasteiger partial charge in [-0.3, -0.25) is 9.59 Å². The van der Waals surface area contributed by atoms with Crippen LogP contribution in [0.3, 0.4) is 0 Å². The molecule has 1 heterocycles. The summed E-state index contributed by atoms with van der Waals surface area (Å²) < 4.78 is 0. The molecule has 104 valence electrons. The van der Waals surface area contributed by atoms with Gasteiger partial charge in [0, 0.05) is 17.0 Å². The van der Waals surface area contributed by atoms with Gasteiger partial charge < -0.3 is 10.6 Å². The van der Waals surface area contributed by atoms with Crippen LogP contribution in [0.1, 0.15) is 25.7 Å². The second kappa shape index (κ2) is 5.71. The number of benzene rings is 1. The first kappa shape index (κ1) is 13.2. The number of hydrogen-bond acceptors (Lipinski definition) is 3. The summed E-state index contributed by atoms with van der Waals surface area (Å²) in [6.45, 7) is 0. The van der Waals surface area contributed by atoms with Gasteiger partial charge in [0.05, 0.1) is 10.6 Å². The second-order valence-corrected chi connectivity index (χ2v) is 6.13. The van der Waals surface area contributed by atoms with Crippen LogP contribution in [0.15, 0.2) is 40.1 Å². The van der Waals surface area contributed by atoms with E-state index in [0.717, 1.165) is 23.4 Å². The molecule has 5 heteroatoms. The highest BCUT2D eigenvalue weighted by molar-refractivity contribution is 8.04. The van der Waals surface area contributed by atoms with E-state index in [1.165, 1.54) is 30.7 Å². The van der Waals surface area contributed by atoms with Crippen molar-refractivity contribution in [2.24, 2.45) is 0 Å². The van der Waals surface area contributed by atoms with E-state index in [4.69, 9.17) is 0 Å². The molecule has 0 spiro atoms. The van der Waals surface area contributed by atoms with Crippen molar-refractivity contribution in [1.82, 2.24) is 5.32 Å². The SMILES string of the molecule is O=C(C=C1Sc2ccccc2NC1=O)NC1CCCC1. The van der Waals surface area contributed by atoms with Crippen LogP contribution >= 0.6 is 11.8 Å². The molecule has 0 aromatic heterocycles. The molecule has 1 saturated carbocycles. The predicted molar refractivity (Wildman–Crippen MR) is 79.4 cm³/mol. The maximum atomic E-state index is 11.9. The van der Waals surface area contributed by atoms with Crippen LogP contribution in [0.2, 0.25) is 0 Å². The second-order valence-electron chi connectivity index (χ2n) is 5.05. The number of rotatable bonds is 2. The van der Waals surface area contributed by atoms with Gasteiger partial charge in [-0.2, -0.15) is 0 Å². The van der Waals surface area contributed by atoms with Crippen molar-refractivity contribution in [3.05, 3.63) is 35.2 Å². The number of thioether (sulfide) groups is 1. The van der Waals surface area contributed by atoms with Gasteiger partial charge in [-0.25, -0.2) is 0 Å². The van der Waals surface area contributed by atoms with Crippen LogP contribution in [-0.4, -0.2) is 17.9 Å². The quantitative estimate of drug-likeness (QED) is 0.823. The number of para-hydroxylation sites is 1. The van der Waals surface area contributed by atoms with Gasteiger partial charge in [-0.1, -0.05) is 36.7 Å². The molecule has 20 heavy (non-hydrogen) atoms. The number of hydrogen-bond donors (Lipinski definition) is 2. The lowest BCUT2D eigenvalue weighted by Gasteiger charge is -2.18. The summed E-state index contributed by atoms with van der Waals surface area (Å²) >= 11 is 1.34. The third-order valence-electron chi connectivity index (χ3n) is 3.54. The molecular formula is C15H16N2O2S. The largest absolute Gasteiger partial charge is 0.350 e. The van der Waals surface area contributed by atoms with Crippen molar-refractivity contribution in [1.29, 1.82) is 0 Å². The fourth-order valence-electron chi connectivity index (χ4n) is 2.53. The maximum Gasteiger partial charge on any atom is 0.262 e. The molecule has 0 radical (unpaired) electrons. The van der Waals surface area contributed by atoms with Gasteiger partial charge >= 0.3 is 0 Å². The fourth-order valence-corrected chi connectivity index (χ4v) is 3.46. The van der Waals surface area contributed by atoms with Crippen LogP contribution in [-0.2, 0) is 9.59 Å². The molecule has 2 amide bonds. The first-order chi connectivity index (χ1) is 9.72. The van der Waals surface area contributed by atoms with E-state index in [1.807, 2.05) is 24.3 Å². The molecule has 0 bridgehead atoms. The highest BCUT2D eigenvalue weighted by atomic mass is 32.2. The highest BCUT2D eigenvalue weighted by Gasteiger charge is 2.22. The van der Waals surface area contributed by atoms with E-state index in [0.29, 0.717) is 4.91 Å². The van der Waals surface area contributed by atoms with E-state index >= 15 is 0 Å². The Morgan fingerprint density at radius 2 is 2.05 bits per heavy atom. The van der Waals surface area contributed by atoms with Crippen molar-refractivity contribution >= 4 is 29.3 Å². The Morgan fingerprint density at radius 1 is 1.30 bits per heavy atom. The zero-order valence-electron chi connectivity index (χ0n) is 11.0. The third-order valence-corrected chi connectivity index (χ3v) is 4.64. The molecular weight excluding hydrogens is 272 g/mol. The monoisotopic (exact) mass is 288 g/mol. The Hall–Kier alpha value is -1.75. The van der Waals surface area contributed by atoms with E-state index in [2.05, 4.69) is 10.6 Å². The van der Waals surface area contributed by atoms with Gasteiger partial charge in [0.25, 0.3) is 5.91 Å². The molecule has 0 saturated heterocycles. The molecule has 1 aliphatic heterocycles. The van der Waals surface area contributed by atoms with Gasteiger partial charge in [0.2, 0.25) is 5.91 Å². The van der Waals surface area contributed by atoms with Crippen LogP contribution < -0.4 is 10.6 Å². The average Bonchev–Trinajstić information content (AvgIpc) is 2.92. The number of carbonyl (C=O) groups excluding carboxylic acids is 2. The maximum absolute atomic E-state index is 11.9. The minimum atomic E-state index is -0.213. The Bertz CT molecular complexity index is 577. The fraction of sp³-hybridized carbons (Fsp3) is 0.333.